The molecule has 1 heterocycles. The van der Waals surface area contributed by atoms with Gasteiger partial charge in [0.15, 0.2) is 9.84 Å². The van der Waals surface area contributed by atoms with Gasteiger partial charge in [0.2, 0.25) is 10.0 Å². The number of piperidine rings is 1. The molecule has 0 spiro atoms. The zero-order chi connectivity index (χ0) is 21.2. The summed E-state index contributed by atoms with van der Waals surface area (Å²) in [7, 11) is -4.82. The van der Waals surface area contributed by atoms with Gasteiger partial charge in [-0.25, -0.2) is 21.2 Å². The molecule has 29 heavy (non-hydrogen) atoms. The number of hydrogen-bond donors (Lipinski definition) is 0. The number of nitrogens with zero attached hydrogens (tertiary/aromatic N) is 1. The molecule has 3 rings (SSSR count). The van der Waals surface area contributed by atoms with Crippen LogP contribution in [0.25, 0.3) is 0 Å². The van der Waals surface area contributed by atoms with Crippen molar-refractivity contribution >= 4 is 19.9 Å². The highest BCUT2D eigenvalue weighted by Crippen LogP contribution is 2.32. The van der Waals surface area contributed by atoms with E-state index in [0.717, 1.165) is 12.1 Å². The zero-order valence-corrected chi connectivity index (χ0v) is 17.7. The van der Waals surface area contributed by atoms with Gasteiger partial charge in [-0.2, -0.15) is 4.31 Å². The summed E-state index contributed by atoms with van der Waals surface area (Å²) in [6, 6.07) is 9.39. The third-order valence-electron chi connectivity index (χ3n) is 4.97. The van der Waals surface area contributed by atoms with E-state index in [2.05, 4.69) is 0 Å². The predicted octanol–water partition coefficient (Wildman–Crippen LogP) is 2.47. The fourth-order valence-electron chi connectivity index (χ4n) is 3.33. The Morgan fingerprint density at radius 1 is 0.931 bits per heavy atom. The average Bonchev–Trinajstić information content (AvgIpc) is 2.73. The summed E-state index contributed by atoms with van der Waals surface area (Å²) in [4.78, 5) is -0.0946. The van der Waals surface area contributed by atoms with E-state index in [-0.39, 0.29) is 41.5 Å². The number of ether oxygens (including phenoxy) is 2. The van der Waals surface area contributed by atoms with Gasteiger partial charge in [-0.15, -0.1) is 0 Å². The van der Waals surface area contributed by atoms with Crippen molar-refractivity contribution in [3.05, 3.63) is 48.3 Å². The van der Waals surface area contributed by atoms with Crippen molar-refractivity contribution in [1.29, 1.82) is 0 Å². The van der Waals surface area contributed by atoms with Crippen LogP contribution in [0.3, 0.4) is 0 Å². The summed E-state index contributed by atoms with van der Waals surface area (Å²) in [5.41, 5.74) is 0. The molecular weight excluding hydrogens is 421 g/mol. The first-order valence-corrected chi connectivity index (χ1v) is 11.9. The molecule has 1 fully saturated rings. The van der Waals surface area contributed by atoms with Gasteiger partial charge in [0.25, 0.3) is 0 Å². The van der Waals surface area contributed by atoms with Crippen LogP contribution in [-0.4, -0.2) is 53.7 Å². The van der Waals surface area contributed by atoms with Crippen molar-refractivity contribution in [2.45, 2.75) is 27.9 Å². The van der Waals surface area contributed by atoms with Crippen LogP contribution in [0.1, 0.15) is 12.8 Å². The Hall–Kier alpha value is -2.17. The molecule has 1 aliphatic rings. The van der Waals surface area contributed by atoms with Gasteiger partial charge >= 0.3 is 0 Å². The molecule has 0 atom stereocenters. The van der Waals surface area contributed by atoms with Crippen molar-refractivity contribution in [2.75, 3.05) is 27.3 Å². The lowest BCUT2D eigenvalue weighted by atomic mass is 10.2. The molecule has 0 saturated carbocycles. The standard InChI is InChI=1S/C19H22FNO6S2/c1-26-15-4-6-16(7-5-15)28(22,23)17-9-11-21(12-10-17)29(24,25)19-13-14(20)3-8-18(19)27-2/h3-8,13,17H,9-12H2,1-2H3. The molecule has 10 heteroatoms. The van der Waals surface area contributed by atoms with Gasteiger partial charge in [-0.05, 0) is 55.3 Å². The first-order valence-electron chi connectivity index (χ1n) is 8.92. The van der Waals surface area contributed by atoms with Crippen LogP contribution >= 0.6 is 0 Å². The lowest BCUT2D eigenvalue weighted by Crippen LogP contribution is -2.42. The molecule has 0 amide bonds. The van der Waals surface area contributed by atoms with Crippen molar-refractivity contribution in [3.8, 4) is 11.5 Å². The minimum absolute atomic E-state index is 0.0159. The van der Waals surface area contributed by atoms with E-state index in [1.165, 1.54) is 36.7 Å². The Morgan fingerprint density at radius 2 is 1.55 bits per heavy atom. The summed E-state index contributed by atoms with van der Waals surface area (Å²) >= 11 is 0. The summed E-state index contributed by atoms with van der Waals surface area (Å²) in [6.45, 7) is 0.0318. The molecule has 0 bridgehead atoms. The minimum Gasteiger partial charge on any atom is -0.497 e. The summed E-state index contributed by atoms with van der Waals surface area (Å²) in [5.74, 6) is -0.102. The zero-order valence-electron chi connectivity index (χ0n) is 16.0. The number of methoxy groups -OCH3 is 2. The van der Waals surface area contributed by atoms with Crippen LogP contribution in [0.4, 0.5) is 4.39 Å². The van der Waals surface area contributed by atoms with Crippen LogP contribution in [0.2, 0.25) is 0 Å². The smallest absolute Gasteiger partial charge is 0.246 e. The maximum absolute atomic E-state index is 13.6. The maximum Gasteiger partial charge on any atom is 0.246 e. The van der Waals surface area contributed by atoms with E-state index in [9.17, 15) is 21.2 Å². The van der Waals surface area contributed by atoms with E-state index in [0.29, 0.717) is 5.75 Å². The molecule has 7 nitrogen and oxygen atoms in total. The maximum atomic E-state index is 13.6. The van der Waals surface area contributed by atoms with Gasteiger partial charge in [0, 0.05) is 13.1 Å². The molecule has 1 aliphatic heterocycles. The first-order chi connectivity index (χ1) is 13.7. The normalized spacial score (nSPS) is 16.5. The lowest BCUT2D eigenvalue weighted by Gasteiger charge is -2.31. The predicted molar refractivity (Wildman–Crippen MR) is 105 cm³/mol. The van der Waals surface area contributed by atoms with Crippen LogP contribution < -0.4 is 9.47 Å². The molecule has 158 valence electrons. The van der Waals surface area contributed by atoms with E-state index < -0.39 is 30.9 Å². The van der Waals surface area contributed by atoms with Gasteiger partial charge in [-0.3, -0.25) is 0 Å². The minimum atomic E-state index is -4.01. The van der Waals surface area contributed by atoms with Crippen molar-refractivity contribution in [3.63, 3.8) is 0 Å². The first kappa shape index (κ1) is 21.5. The summed E-state index contributed by atoms with van der Waals surface area (Å²) in [5, 5.41) is -0.697. The van der Waals surface area contributed by atoms with E-state index in [4.69, 9.17) is 9.47 Å². The van der Waals surface area contributed by atoms with E-state index in [1.807, 2.05) is 0 Å². The number of hydrogen-bond acceptors (Lipinski definition) is 6. The van der Waals surface area contributed by atoms with Crippen molar-refractivity contribution in [2.24, 2.45) is 0 Å². The quantitative estimate of drug-likeness (QED) is 0.681. The van der Waals surface area contributed by atoms with Crippen LogP contribution in [0.15, 0.2) is 52.3 Å². The molecular formula is C19H22FNO6S2. The molecule has 2 aromatic rings. The Kier molecular flexibility index (Phi) is 6.16. The Morgan fingerprint density at radius 3 is 2.10 bits per heavy atom. The number of benzene rings is 2. The fraction of sp³-hybridized carbons (Fsp3) is 0.368. The molecule has 0 radical (unpaired) electrons. The number of rotatable bonds is 6. The Bertz CT molecular complexity index is 1080. The lowest BCUT2D eigenvalue weighted by molar-refractivity contribution is 0.341. The average molecular weight is 444 g/mol. The molecule has 2 aromatic carbocycles. The van der Waals surface area contributed by atoms with Crippen LogP contribution in [-0.2, 0) is 19.9 Å². The molecule has 0 aliphatic carbocycles. The monoisotopic (exact) mass is 443 g/mol. The van der Waals surface area contributed by atoms with Gasteiger partial charge in [-0.1, -0.05) is 0 Å². The second-order valence-electron chi connectivity index (χ2n) is 6.62. The highest BCUT2D eigenvalue weighted by Gasteiger charge is 2.36. The number of sulfone groups is 1. The Balaban J connectivity index is 1.78. The van der Waals surface area contributed by atoms with Crippen molar-refractivity contribution in [1.82, 2.24) is 4.31 Å². The third-order valence-corrected chi connectivity index (χ3v) is 9.17. The van der Waals surface area contributed by atoms with Crippen molar-refractivity contribution < 1.29 is 30.7 Å². The molecule has 1 saturated heterocycles. The summed E-state index contributed by atoms with van der Waals surface area (Å²) < 4.78 is 76.5. The van der Waals surface area contributed by atoms with Crippen LogP contribution in [0.5, 0.6) is 11.5 Å². The van der Waals surface area contributed by atoms with E-state index >= 15 is 0 Å². The van der Waals surface area contributed by atoms with Crippen LogP contribution in [0, 0.1) is 5.82 Å². The topological polar surface area (TPSA) is 90.0 Å². The Labute approximate surface area is 170 Å². The second kappa shape index (κ2) is 8.29. The molecule has 0 aromatic heterocycles. The highest BCUT2D eigenvalue weighted by atomic mass is 32.2. The van der Waals surface area contributed by atoms with Gasteiger partial charge in [0.1, 0.15) is 22.2 Å². The van der Waals surface area contributed by atoms with Gasteiger partial charge < -0.3 is 9.47 Å². The van der Waals surface area contributed by atoms with Gasteiger partial charge in [0.05, 0.1) is 24.4 Å². The summed E-state index contributed by atoms with van der Waals surface area (Å²) in [6.07, 6.45) is 0.288. The highest BCUT2D eigenvalue weighted by molar-refractivity contribution is 7.92. The number of halogens is 1. The largest absolute Gasteiger partial charge is 0.497 e. The third kappa shape index (κ3) is 4.24. The fourth-order valence-corrected chi connectivity index (χ4v) is 6.70. The molecule has 0 N–H and O–H groups in total. The molecule has 0 unspecified atom stereocenters. The second-order valence-corrected chi connectivity index (χ2v) is 10.8. The van der Waals surface area contributed by atoms with E-state index in [1.54, 1.807) is 12.1 Å². The number of sulfonamides is 1. The SMILES string of the molecule is COc1ccc(S(=O)(=O)C2CCN(S(=O)(=O)c3cc(F)ccc3OC)CC2)cc1.